The van der Waals surface area contributed by atoms with Gasteiger partial charge in [-0.25, -0.2) is 0 Å². The number of ether oxygens (including phenoxy) is 1. The van der Waals surface area contributed by atoms with Crippen molar-refractivity contribution in [2.24, 2.45) is 11.8 Å². The lowest BCUT2D eigenvalue weighted by Crippen LogP contribution is -2.29. The molecule has 5 heteroatoms. The molecule has 1 aliphatic rings. The smallest absolute Gasteiger partial charge is 0.228 e. The van der Waals surface area contributed by atoms with Crippen LogP contribution >= 0.6 is 0 Å². The number of anilines is 1. The molecule has 1 fully saturated rings. The van der Waals surface area contributed by atoms with Crippen LogP contribution in [0.3, 0.4) is 0 Å². The quantitative estimate of drug-likeness (QED) is 0.748. The monoisotopic (exact) mass is 394 g/mol. The Morgan fingerprint density at radius 3 is 2.38 bits per heavy atom. The van der Waals surface area contributed by atoms with Crippen LogP contribution < -0.4 is 15.4 Å². The van der Waals surface area contributed by atoms with E-state index in [9.17, 15) is 9.59 Å². The summed E-state index contributed by atoms with van der Waals surface area (Å²) >= 11 is 0. The van der Waals surface area contributed by atoms with Crippen molar-refractivity contribution in [1.82, 2.24) is 5.32 Å². The fraction of sp³-hybridized carbons (Fsp3) is 0.417. The van der Waals surface area contributed by atoms with Gasteiger partial charge in [0.2, 0.25) is 11.8 Å². The minimum absolute atomic E-state index is 0.0517. The van der Waals surface area contributed by atoms with Gasteiger partial charge in [-0.05, 0) is 41.5 Å². The minimum Gasteiger partial charge on any atom is -0.496 e. The van der Waals surface area contributed by atoms with Crippen molar-refractivity contribution >= 4 is 17.5 Å². The summed E-state index contributed by atoms with van der Waals surface area (Å²) in [5, 5.41) is 5.98. The molecule has 2 atom stereocenters. The lowest BCUT2D eigenvalue weighted by atomic mass is 9.86. The molecule has 0 aromatic heterocycles. The average Bonchev–Trinajstić information content (AvgIpc) is 3.49. The van der Waals surface area contributed by atoms with Gasteiger partial charge in [0, 0.05) is 12.2 Å². The van der Waals surface area contributed by atoms with Gasteiger partial charge < -0.3 is 15.4 Å². The molecular weight excluding hydrogens is 364 g/mol. The number of hydrogen-bond donors (Lipinski definition) is 2. The lowest BCUT2D eigenvalue weighted by molar-refractivity contribution is -0.125. The molecule has 2 aromatic carbocycles. The predicted octanol–water partition coefficient (Wildman–Crippen LogP) is 3.93. The third-order valence-electron chi connectivity index (χ3n) is 5.34. The van der Waals surface area contributed by atoms with Gasteiger partial charge in [-0.2, -0.15) is 0 Å². The molecule has 2 N–H and O–H groups in total. The Balaban J connectivity index is 1.50. The summed E-state index contributed by atoms with van der Waals surface area (Å²) in [7, 11) is 1.64. The maximum atomic E-state index is 12.6. The van der Waals surface area contributed by atoms with E-state index in [4.69, 9.17) is 4.74 Å². The molecule has 2 unspecified atom stereocenters. The first-order valence-electron chi connectivity index (χ1n) is 10.1. The third-order valence-corrected chi connectivity index (χ3v) is 5.34. The van der Waals surface area contributed by atoms with E-state index in [1.54, 1.807) is 7.11 Å². The second-order valence-corrected chi connectivity index (χ2v) is 8.59. The molecular formula is C24H30N2O3. The Labute approximate surface area is 172 Å². The number of para-hydroxylation sites is 2. The molecule has 2 amide bonds. The van der Waals surface area contributed by atoms with Crippen LogP contribution in [0.5, 0.6) is 5.75 Å². The highest BCUT2D eigenvalue weighted by Crippen LogP contribution is 2.40. The van der Waals surface area contributed by atoms with Crippen LogP contribution in [0.25, 0.3) is 0 Å². The Hall–Kier alpha value is -2.82. The molecule has 0 aliphatic heterocycles. The van der Waals surface area contributed by atoms with Crippen LogP contribution in [-0.4, -0.2) is 25.5 Å². The van der Waals surface area contributed by atoms with E-state index < -0.39 is 0 Å². The van der Waals surface area contributed by atoms with Gasteiger partial charge in [-0.1, -0.05) is 57.2 Å². The van der Waals surface area contributed by atoms with Crippen molar-refractivity contribution in [2.45, 2.75) is 39.0 Å². The second kappa shape index (κ2) is 8.68. The minimum atomic E-state index is -0.255. The van der Waals surface area contributed by atoms with Gasteiger partial charge in [0.15, 0.2) is 0 Å². The first-order valence-corrected chi connectivity index (χ1v) is 10.1. The number of carbonyl (C=O) groups is 2. The first kappa shape index (κ1) is 20.9. The number of rotatable bonds is 7. The van der Waals surface area contributed by atoms with Crippen molar-refractivity contribution in [3.8, 4) is 5.75 Å². The number of hydrogen-bond acceptors (Lipinski definition) is 3. The van der Waals surface area contributed by atoms with E-state index in [0.29, 0.717) is 19.4 Å². The van der Waals surface area contributed by atoms with Gasteiger partial charge in [-0.3, -0.25) is 9.59 Å². The standard InChI is InChI=1S/C24H30N2O3/c1-24(2,3)19-10-6-7-11-20(19)26-23(28)18-15-17(18)22(27)25-14-13-16-9-5-8-12-21(16)29-4/h5-12,17-18H,13-15H2,1-4H3,(H,25,27)(H,26,28). The lowest BCUT2D eigenvalue weighted by Gasteiger charge is -2.23. The molecule has 3 rings (SSSR count). The Morgan fingerprint density at radius 1 is 1.00 bits per heavy atom. The van der Waals surface area contributed by atoms with Gasteiger partial charge in [0.1, 0.15) is 5.75 Å². The van der Waals surface area contributed by atoms with E-state index in [2.05, 4.69) is 31.4 Å². The SMILES string of the molecule is COc1ccccc1CCNC(=O)C1CC1C(=O)Nc1ccccc1C(C)(C)C. The second-order valence-electron chi connectivity index (χ2n) is 8.59. The highest BCUT2D eigenvalue weighted by Gasteiger charge is 2.48. The third kappa shape index (κ3) is 5.17. The van der Waals surface area contributed by atoms with Gasteiger partial charge >= 0.3 is 0 Å². The van der Waals surface area contributed by atoms with E-state index >= 15 is 0 Å². The molecule has 0 saturated heterocycles. The molecule has 154 valence electrons. The summed E-state index contributed by atoms with van der Waals surface area (Å²) < 4.78 is 5.34. The summed E-state index contributed by atoms with van der Waals surface area (Å²) in [5.41, 5.74) is 2.90. The normalized spacial score (nSPS) is 18.1. The first-order chi connectivity index (χ1) is 13.8. The fourth-order valence-corrected chi connectivity index (χ4v) is 3.61. The fourth-order valence-electron chi connectivity index (χ4n) is 3.61. The maximum Gasteiger partial charge on any atom is 0.228 e. The molecule has 29 heavy (non-hydrogen) atoms. The van der Waals surface area contributed by atoms with Crippen molar-refractivity contribution in [3.05, 3.63) is 59.7 Å². The molecule has 5 nitrogen and oxygen atoms in total. The molecule has 1 saturated carbocycles. The topological polar surface area (TPSA) is 67.4 Å². The molecule has 0 radical (unpaired) electrons. The number of methoxy groups -OCH3 is 1. The van der Waals surface area contributed by atoms with Crippen molar-refractivity contribution in [2.75, 3.05) is 19.0 Å². The molecule has 0 heterocycles. The Kier molecular flexibility index (Phi) is 6.26. The number of carbonyl (C=O) groups excluding carboxylic acids is 2. The summed E-state index contributed by atoms with van der Waals surface area (Å²) in [5.74, 6) is 0.197. The van der Waals surface area contributed by atoms with Gasteiger partial charge in [0.25, 0.3) is 0 Å². The highest BCUT2D eigenvalue weighted by atomic mass is 16.5. The van der Waals surface area contributed by atoms with Crippen LogP contribution in [0.4, 0.5) is 5.69 Å². The van der Waals surface area contributed by atoms with E-state index in [0.717, 1.165) is 22.6 Å². The summed E-state index contributed by atoms with van der Waals surface area (Å²) in [6, 6.07) is 15.6. The molecule has 0 spiro atoms. The largest absolute Gasteiger partial charge is 0.496 e. The highest BCUT2D eigenvalue weighted by molar-refractivity contribution is 6.00. The summed E-state index contributed by atoms with van der Waals surface area (Å²) in [6.45, 7) is 6.88. The predicted molar refractivity (Wildman–Crippen MR) is 115 cm³/mol. The number of benzene rings is 2. The summed E-state index contributed by atoms with van der Waals surface area (Å²) in [4.78, 5) is 25.1. The number of amides is 2. The Bertz CT molecular complexity index is 886. The van der Waals surface area contributed by atoms with Gasteiger partial charge in [-0.15, -0.1) is 0 Å². The van der Waals surface area contributed by atoms with Crippen LogP contribution in [0.2, 0.25) is 0 Å². The van der Waals surface area contributed by atoms with Crippen LogP contribution in [0.15, 0.2) is 48.5 Å². The molecule has 2 aromatic rings. The van der Waals surface area contributed by atoms with Crippen molar-refractivity contribution < 1.29 is 14.3 Å². The number of nitrogens with one attached hydrogen (secondary N) is 2. The van der Waals surface area contributed by atoms with Crippen LogP contribution in [-0.2, 0) is 21.4 Å². The average molecular weight is 395 g/mol. The molecule has 0 bridgehead atoms. The van der Waals surface area contributed by atoms with Crippen LogP contribution in [0, 0.1) is 11.8 Å². The zero-order valence-corrected chi connectivity index (χ0v) is 17.6. The Morgan fingerprint density at radius 2 is 1.66 bits per heavy atom. The maximum absolute atomic E-state index is 12.6. The van der Waals surface area contributed by atoms with Crippen LogP contribution in [0.1, 0.15) is 38.3 Å². The van der Waals surface area contributed by atoms with Gasteiger partial charge in [0.05, 0.1) is 18.9 Å². The van der Waals surface area contributed by atoms with E-state index in [1.807, 2.05) is 48.5 Å². The van der Waals surface area contributed by atoms with E-state index in [-0.39, 0.29) is 29.1 Å². The zero-order chi connectivity index (χ0) is 21.0. The summed E-state index contributed by atoms with van der Waals surface area (Å²) in [6.07, 6.45) is 1.29. The van der Waals surface area contributed by atoms with Crippen molar-refractivity contribution in [1.29, 1.82) is 0 Å². The zero-order valence-electron chi connectivity index (χ0n) is 17.6. The molecule has 1 aliphatic carbocycles. The van der Waals surface area contributed by atoms with E-state index in [1.165, 1.54) is 0 Å². The van der Waals surface area contributed by atoms with Crippen molar-refractivity contribution in [3.63, 3.8) is 0 Å².